The van der Waals surface area contributed by atoms with Crippen LogP contribution in [0.15, 0.2) is 0 Å². The van der Waals surface area contributed by atoms with E-state index in [2.05, 4.69) is 14.5 Å². The molecule has 2 amide bonds. The molecule has 2 saturated heterocycles. The van der Waals surface area contributed by atoms with Gasteiger partial charge in [-0.15, -0.1) is 5.10 Å². The molecule has 2 atom stereocenters. The van der Waals surface area contributed by atoms with Crippen molar-refractivity contribution in [1.29, 1.82) is 0 Å². The van der Waals surface area contributed by atoms with Crippen molar-refractivity contribution in [3.05, 3.63) is 10.6 Å². The Bertz CT molecular complexity index is 712. The van der Waals surface area contributed by atoms with Gasteiger partial charge in [-0.3, -0.25) is 9.59 Å². The van der Waals surface area contributed by atoms with E-state index in [1.807, 2.05) is 4.90 Å². The van der Waals surface area contributed by atoms with Crippen molar-refractivity contribution < 1.29 is 9.59 Å². The molecular weight excluding hydrogens is 348 g/mol. The lowest BCUT2D eigenvalue weighted by Crippen LogP contribution is -2.58. The Morgan fingerprint density at radius 2 is 1.85 bits per heavy atom. The Balaban J connectivity index is 1.28. The smallest absolute Gasteiger partial charge is 0.267 e. The highest BCUT2D eigenvalue weighted by molar-refractivity contribution is 7.08. The van der Waals surface area contributed by atoms with Crippen LogP contribution in [0.25, 0.3) is 0 Å². The summed E-state index contributed by atoms with van der Waals surface area (Å²) in [5.74, 6) is 1.65. The first kappa shape index (κ1) is 16.7. The van der Waals surface area contributed by atoms with Gasteiger partial charge in [0, 0.05) is 37.5 Å². The quantitative estimate of drug-likeness (QED) is 0.816. The third-order valence-electron chi connectivity index (χ3n) is 6.76. The van der Waals surface area contributed by atoms with Gasteiger partial charge in [0.1, 0.15) is 4.88 Å². The number of hydrogen-bond acceptors (Lipinski definition) is 5. The number of rotatable bonds is 3. The van der Waals surface area contributed by atoms with Gasteiger partial charge in [-0.05, 0) is 62.4 Å². The molecule has 6 nitrogen and oxygen atoms in total. The third-order valence-corrected chi connectivity index (χ3v) is 7.49. The first-order valence-corrected chi connectivity index (χ1v) is 10.9. The molecule has 0 bridgehead atoms. The van der Waals surface area contributed by atoms with Crippen molar-refractivity contribution in [3.63, 3.8) is 0 Å². The zero-order valence-corrected chi connectivity index (χ0v) is 15.9. The molecule has 5 rings (SSSR count). The predicted molar refractivity (Wildman–Crippen MR) is 98.0 cm³/mol. The standard InChI is InChI=1S/C19H26N4O2S/c24-18(13-3-1-4-13)23-9-2-5-14-11-22(10-8-15(14)23)19(25)17-16(12-6-7-12)20-21-26-17/h12-15H,1-11H2/t14-,15+/m1/s1. The monoisotopic (exact) mass is 374 g/mol. The molecular formula is C19H26N4O2S. The molecule has 4 aliphatic rings. The molecule has 2 aliphatic carbocycles. The largest absolute Gasteiger partial charge is 0.339 e. The highest BCUT2D eigenvalue weighted by atomic mass is 32.1. The van der Waals surface area contributed by atoms with Crippen molar-refractivity contribution >= 4 is 23.3 Å². The fourth-order valence-corrected chi connectivity index (χ4v) is 5.58. The second kappa shape index (κ2) is 6.59. The molecule has 140 valence electrons. The van der Waals surface area contributed by atoms with Gasteiger partial charge in [0.05, 0.1) is 5.69 Å². The van der Waals surface area contributed by atoms with Crippen LogP contribution in [-0.2, 0) is 4.79 Å². The highest BCUT2D eigenvalue weighted by Gasteiger charge is 2.42. The Labute approximate surface area is 158 Å². The zero-order chi connectivity index (χ0) is 17.7. The first-order valence-electron chi connectivity index (χ1n) is 10.1. The number of likely N-dealkylation sites (tertiary alicyclic amines) is 2. The normalized spacial score (nSPS) is 29.2. The average Bonchev–Trinajstić information content (AvgIpc) is 3.35. The van der Waals surface area contributed by atoms with Gasteiger partial charge < -0.3 is 9.80 Å². The van der Waals surface area contributed by atoms with Crippen LogP contribution >= 0.6 is 11.5 Å². The second-order valence-corrected chi connectivity index (χ2v) is 9.18. The molecule has 0 aromatic carbocycles. The Morgan fingerprint density at radius 1 is 1.00 bits per heavy atom. The van der Waals surface area contributed by atoms with Crippen molar-refractivity contribution in [2.45, 2.75) is 63.3 Å². The molecule has 4 fully saturated rings. The van der Waals surface area contributed by atoms with E-state index in [-0.39, 0.29) is 11.8 Å². The lowest BCUT2D eigenvalue weighted by molar-refractivity contribution is -0.145. The van der Waals surface area contributed by atoms with Crippen molar-refractivity contribution in [2.75, 3.05) is 19.6 Å². The summed E-state index contributed by atoms with van der Waals surface area (Å²) in [6.07, 6.45) is 8.71. The van der Waals surface area contributed by atoms with Gasteiger partial charge in [0.15, 0.2) is 0 Å². The number of aromatic nitrogens is 2. The molecule has 1 aromatic rings. The number of nitrogens with zero attached hydrogens (tertiary/aromatic N) is 4. The van der Waals surface area contributed by atoms with Crippen LogP contribution in [0.1, 0.15) is 72.7 Å². The van der Waals surface area contributed by atoms with Gasteiger partial charge in [-0.25, -0.2) is 0 Å². The summed E-state index contributed by atoms with van der Waals surface area (Å²) in [6, 6.07) is 0.336. The lowest BCUT2D eigenvalue weighted by Gasteiger charge is -2.48. The molecule has 7 heteroatoms. The maximum atomic E-state index is 13.0. The average molecular weight is 375 g/mol. The summed E-state index contributed by atoms with van der Waals surface area (Å²) in [5, 5.41) is 4.21. The number of fused-ring (bicyclic) bond motifs is 1. The van der Waals surface area contributed by atoms with E-state index >= 15 is 0 Å². The van der Waals surface area contributed by atoms with E-state index in [0.717, 1.165) is 75.2 Å². The van der Waals surface area contributed by atoms with Gasteiger partial charge in [0.25, 0.3) is 5.91 Å². The summed E-state index contributed by atoms with van der Waals surface area (Å²) in [4.78, 5) is 30.8. The van der Waals surface area contributed by atoms with Gasteiger partial charge >= 0.3 is 0 Å². The fourth-order valence-electron chi connectivity index (χ4n) is 4.86. The summed E-state index contributed by atoms with van der Waals surface area (Å²) >= 11 is 1.25. The van der Waals surface area contributed by atoms with E-state index in [1.165, 1.54) is 18.0 Å². The zero-order valence-electron chi connectivity index (χ0n) is 15.1. The van der Waals surface area contributed by atoms with Crippen molar-refractivity contribution in [2.24, 2.45) is 11.8 Å². The van der Waals surface area contributed by atoms with Crippen LogP contribution in [0.2, 0.25) is 0 Å². The van der Waals surface area contributed by atoms with Crippen LogP contribution < -0.4 is 0 Å². The highest BCUT2D eigenvalue weighted by Crippen LogP contribution is 2.42. The fraction of sp³-hybridized carbons (Fsp3) is 0.789. The summed E-state index contributed by atoms with van der Waals surface area (Å²) in [5.41, 5.74) is 0.924. The molecule has 0 N–H and O–H groups in total. The maximum absolute atomic E-state index is 13.0. The SMILES string of the molecule is O=C(c1snnc1C1CC1)N1CC[C@H]2[C@H](CCCN2C(=O)C2CCC2)C1. The Kier molecular flexibility index (Phi) is 4.22. The van der Waals surface area contributed by atoms with Gasteiger partial charge in [-0.1, -0.05) is 10.9 Å². The number of piperidine rings is 2. The molecule has 1 aromatic heterocycles. The van der Waals surface area contributed by atoms with Crippen LogP contribution in [0.5, 0.6) is 0 Å². The molecule has 2 aliphatic heterocycles. The van der Waals surface area contributed by atoms with Crippen molar-refractivity contribution in [1.82, 2.24) is 19.4 Å². The van der Waals surface area contributed by atoms with Crippen LogP contribution in [0.3, 0.4) is 0 Å². The van der Waals surface area contributed by atoms with Crippen LogP contribution in [0.4, 0.5) is 0 Å². The Hall–Kier alpha value is -1.50. The van der Waals surface area contributed by atoms with E-state index in [9.17, 15) is 9.59 Å². The first-order chi connectivity index (χ1) is 12.7. The summed E-state index contributed by atoms with van der Waals surface area (Å²) < 4.78 is 4.04. The minimum Gasteiger partial charge on any atom is -0.339 e. The van der Waals surface area contributed by atoms with Crippen molar-refractivity contribution in [3.8, 4) is 0 Å². The van der Waals surface area contributed by atoms with Gasteiger partial charge in [-0.2, -0.15) is 0 Å². The van der Waals surface area contributed by atoms with Crippen LogP contribution in [-0.4, -0.2) is 56.9 Å². The molecule has 0 radical (unpaired) electrons. The van der Waals surface area contributed by atoms with E-state index in [0.29, 0.717) is 23.8 Å². The van der Waals surface area contributed by atoms with E-state index in [1.54, 1.807) is 0 Å². The van der Waals surface area contributed by atoms with E-state index < -0.39 is 0 Å². The maximum Gasteiger partial charge on any atom is 0.267 e. The number of carbonyl (C=O) groups is 2. The minimum atomic E-state index is 0.114. The molecule has 3 heterocycles. The second-order valence-electron chi connectivity index (χ2n) is 8.43. The minimum absolute atomic E-state index is 0.114. The molecule has 26 heavy (non-hydrogen) atoms. The topological polar surface area (TPSA) is 66.4 Å². The summed E-state index contributed by atoms with van der Waals surface area (Å²) in [7, 11) is 0. The number of hydrogen-bond donors (Lipinski definition) is 0. The number of carbonyl (C=O) groups excluding carboxylic acids is 2. The lowest BCUT2D eigenvalue weighted by atomic mass is 9.80. The molecule has 2 saturated carbocycles. The number of amides is 2. The van der Waals surface area contributed by atoms with Gasteiger partial charge in [0.2, 0.25) is 5.91 Å². The summed E-state index contributed by atoms with van der Waals surface area (Å²) in [6.45, 7) is 2.44. The predicted octanol–water partition coefficient (Wildman–Crippen LogP) is 2.67. The Morgan fingerprint density at radius 3 is 2.58 bits per heavy atom. The van der Waals surface area contributed by atoms with E-state index in [4.69, 9.17) is 0 Å². The van der Waals surface area contributed by atoms with Crippen LogP contribution in [0, 0.1) is 11.8 Å². The third kappa shape index (κ3) is 2.84. The molecule has 0 spiro atoms. The molecule has 0 unspecified atom stereocenters.